The van der Waals surface area contributed by atoms with Crippen LogP contribution in [0.2, 0.25) is 0 Å². The topological polar surface area (TPSA) is 90.5 Å². The van der Waals surface area contributed by atoms with Crippen molar-refractivity contribution in [2.75, 3.05) is 11.5 Å². The number of hydrogen-bond acceptors (Lipinski definition) is 4. The highest BCUT2D eigenvalue weighted by molar-refractivity contribution is 7.91. The highest BCUT2D eigenvalue weighted by atomic mass is 32.2. The first kappa shape index (κ1) is 16.8. The molecule has 0 unspecified atom stereocenters. The number of hydrogen-bond donors (Lipinski definition) is 1. The summed E-state index contributed by atoms with van der Waals surface area (Å²) in [6.45, 7) is 3.88. The summed E-state index contributed by atoms with van der Waals surface area (Å²) in [4.78, 5) is 32.7. The number of urea groups is 1. The zero-order valence-corrected chi connectivity index (χ0v) is 16.0. The van der Waals surface area contributed by atoms with Crippen molar-refractivity contribution in [2.24, 2.45) is 0 Å². The van der Waals surface area contributed by atoms with E-state index < -0.39 is 27.5 Å². The predicted molar refractivity (Wildman–Crippen MR) is 100.0 cm³/mol. The van der Waals surface area contributed by atoms with Gasteiger partial charge >= 0.3 is 6.03 Å². The average molecular weight is 387 g/mol. The molecule has 0 aliphatic carbocycles. The van der Waals surface area contributed by atoms with Gasteiger partial charge in [0.2, 0.25) is 0 Å². The van der Waals surface area contributed by atoms with Gasteiger partial charge in [0, 0.05) is 23.0 Å². The van der Waals surface area contributed by atoms with E-state index in [0.717, 1.165) is 22.2 Å². The van der Waals surface area contributed by atoms with E-state index in [-0.39, 0.29) is 23.4 Å². The molecular formula is C19H21N3O4S. The molecule has 2 saturated heterocycles. The molecule has 1 N–H and O–H groups in total. The number of amides is 3. The summed E-state index contributed by atoms with van der Waals surface area (Å²) >= 11 is 0. The van der Waals surface area contributed by atoms with Crippen LogP contribution in [-0.2, 0) is 26.6 Å². The number of carbonyl (C=O) groups is 2. The number of nitrogens with one attached hydrogen (secondary N) is 1. The van der Waals surface area contributed by atoms with Gasteiger partial charge in [-0.2, -0.15) is 0 Å². The summed E-state index contributed by atoms with van der Waals surface area (Å²) < 4.78 is 23.7. The van der Waals surface area contributed by atoms with Gasteiger partial charge in [0.25, 0.3) is 5.91 Å². The lowest BCUT2D eigenvalue weighted by Crippen LogP contribution is -2.52. The van der Waals surface area contributed by atoms with E-state index in [2.05, 4.69) is 4.98 Å². The number of H-pyrrole nitrogens is 1. The maximum absolute atomic E-state index is 13.2. The highest BCUT2D eigenvalue weighted by Gasteiger charge is 2.57. The van der Waals surface area contributed by atoms with Gasteiger partial charge in [0.1, 0.15) is 6.04 Å². The fourth-order valence-electron chi connectivity index (χ4n) is 4.99. The summed E-state index contributed by atoms with van der Waals surface area (Å²) in [5.74, 6) is -0.363. The summed E-state index contributed by atoms with van der Waals surface area (Å²) in [5.41, 5.74) is 2.33. The minimum absolute atomic E-state index is 0.0342. The fourth-order valence-corrected chi connectivity index (χ4v) is 6.69. The minimum Gasteiger partial charge on any atom is -0.356 e. The van der Waals surface area contributed by atoms with E-state index in [4.69, 9.17) is 0 Å². The molecule has 3 amide bonds. The predicted octanol–water partition coefficient (Wildman–Crippen LogP) is 1.78. The third-order valence-corrected chi connectivity index (χ3v) is 8.00. The molecule has 2 fully saturated rings. The molecular weight excluding hydrogens is 366 g/mol. The maximum Gasteiger partial charge on any atom is 0.328 e. The molecule has 0 saturated carbocycles. The monoisotopic (exact) mass is 387 g/mol. The van der Waals surface area contributed by atoms with Crippen LogP contribution in [0.4, 0.5) is 4.79 Å². The normalized spacial score (nSPS) is 28.7. The Morgan fingerprint density at radius 2 is 1.93 bits per heavy atom. The van der Waals surface area contributed by atoms with E-state index >= 15 is 0 Å². The molecule has 1 aromatic carbocycles. The largest absolute Gasteiger partial charge is 0.356 e. The molecule has 2 atom stereocenters. The number of sulfone groups is 1. The zero-order valence-electron chi connectivity index (χ0n) is 15.2. The quantitative estimate of drug-likeness (QED) is 0.755. The van der Waals surface area contributed by atoms with Crippen molar-refractivity contribution >= 4 is 32.7 Å². The van der Waals surface area contributed by atoms with Gasteiger partial charge < -0.3 is 9.88 Å². The van der Waals surface area contributed by atoms with Gasteiger partial charge in [-0.3, -0.25) is 9.69 Å². The molecule has 0 spiro atoms. The molecule has 2 aromatic rings. The van der Waals surface area contributed by atoms with Crippen molar-refractivity contribution < 1.29 is 18.0 Å². The molecule has 3 aliphatic rings. The second-order valence-electron chi connectivity index (χ2n) is 8.22. The number of benzene rings is 1. The van der Waals surface area contributed by atoms with Gasteiger partial charge in [0.05, 0.1) is 23.1 Å². The smallest absolute Gasteiger partial charge is 0.328 e. The summed E-state index contributed by atoms with van der Waals surface area (Å²) in [6, 6.07) is 6.44. The van der Waals surface area contributed by atoms with Crippen LogP contribution in [0.1, 0.15) is 31.5 Å². The molecule has 142 valence electrons. The van der Waals surface area contributed by atoms with Gasteiger partial charge in [-0.05, 0) is 31.9 Å². The minimum atomic E-state index is -3.18. The number of fused-ring (bicyclic) bond motifs is 4. The second-order valence-corrected chi connectivity index (χ2v) is 10.4. The molecule has 0 radical (unpaired) electrons. The van der Waals surface area contributed by atoms with Crippen LogP contribution < -0.4 is 0 Å². The van der Waals surface area contributed by atoms with E-state index in [1.807, 2.05) is 38.1 Å². The Morgan fingerprint density at radius 1 is 1.19 bits per heavy atom. The molecule has 7 nitrogen and oxygen atoms in total. The summed E-state index contributed by atoms with van der Waals surface area (Å²) in [6.07, 6.45) is 0.776. The van der Waals surface area contributed by atoms with Crippen LogP contribution >= 0.6 is 0 Å². The molecule has 8 heteroatoms. The van der Waals surface area contributed by atoms with Crippen molar-refractivity contribution in [3.05, 3.63) is 35.5 Å². The van der Waals surface area contributed by atoms with Crippen molar-refractivity contribution in [1.29, 1.82) is 0 Å². The Kier molecular flexibility index (Phi) is 3.19. The van der Waals surface area contributed by atoms with Crippen molar-refractivity contribution in [1.82, 2.24) is 14.8 Å². The van der Waals surface area contributed by atoms with Gasteiger partial charge in [0.15, 0.2) is 9.84 Å². The van der Waals surface area contributed by atoms with Gasteiger partial charge in [-0.25, -0.2) is 13.2 Å². The standard InChI is InChI=1S/C19H21N3O4S/c1-19(2)16-13(12-5-3-4-6-14(12)20-16)9-15-17(23)21(18(24)22(15)19)11-7-8-27(25,26)10-11/h3-6,11,15,20H,7-10H2,1-2H3/t11-,15+/m0/s1. The number of aromatic nitrogens is 1. The van der Waals surface area contributed by atoms with Crippen LogP contribution in [0.15, 0.2) is 24.3 Å². The Balaban J connectivity index is 1.60. The first-order chi connectivity index (χ1) is 12.7. The van der Waals surface area contributed by atoms with Crippen LogP contribution in [-0.4, -0.2) is 58.7 Å². The second kappa shape index (κ2) is 5.13. The van der Waals surface area contributed by atoms with E-state index in [1.54, 1.807) is 4.90 Å². The zero-order chi connectivity index (χ0) is 19.1. The molecule has 1 aromatic heterocycles. The van der Waals surface area contributed by atoms with Crippen LogP contribution in [0.25, 0.3) is 10.9 Å². The lowest BCUT2D eigenvalue weighted by molar-refractivity contribution is -0.130. The number of para-hydroxylation sites is 1. The molecule has 5 rings (SSSR count). The lowest BCUT2D eigenvalue weighted by Gasteiger charge is -2.42. The number of rotatable bonds is 1. The Morgan fingerprint density at radius 3 is 2.63 bits per heavy atom. The Bertz CT molecular complexity index is 1100. The number of carbonyl (C=O) groups excluding carboxylic acids is 2. The lowest BCUT2D eigenvalue weighted by atomic mass is 9.85. The fraction of sp³-hybridized carbons (Fsp3) is 0.474. The van der Waals surface area contributed by atoms with Crippen molar-refractivity contribution in [3.63, 3.8) is 0 Å². The summed E-state index contributed by atoms with van der Waals surface area (Å²) in [7, 11) is -3.18. The first-order valence-electron chi connectivity index (χ1n) is 9.17. The van der Waals surface area contributed by atoms with Crippen molar-refractivity contribution in [3.8, 4) is 0 Å². The van der Waals surface area contributed by atoms with E-state index in [1.165, 1.54) is 4.90 Å². The number of nitrogens with zero attached hydrogens (tertiary/aromatic N) is 2. The van der Waals surface area contributed by atoms with E-state index in [0.29, 0.717) is 12.8 Å². The Hall–Kier alpha value is -2.35. The molecule has 3 aliphatic heterocycles. The Labute approximate surface area is 157 Å². The maximum atomic E-state index is 13.2. The van der Waals surface area contributed by atoms with Crippen molar-refractivity contribution in [2.45, 2.75) is 44.3 Å². The molecule has 0 bridgehead atoms. The van der Waals surface area contributed by atoms with E-state index in [9.17, 15) is 18.0 Å². The molecule has 4 heterocycles. The van der Waals surface area contributed by atoms with Crippen LogP contribution in [0.5, 0.6) is 0 Å². The average Bonchev–Trinajstić information content (AvgIpc) is 3.22. The van der Waals surface area contributed by atoms with Crippen LogP contribution in [0, 0.1) is 0 Å². The summed E-state index contributed by atoms with van der Waals surface area (Å²) in [5, 5.41) is 1.07. The third kappa shape index (κ3) is 2.16. The number of aromatic amines is 1. The number of imide groups is 1. The van der Waals surface area contributed by atoms with Gasteiger partial charge in [-0.15, -0.1) is 0 Å². The van der Waals surface area contributed by atoms with Crippen LogP contribution in [0.3, 0.4) is 0 Å². The SMILES string of the molecule is CC1(C)c2[nH]c3ccccc3c2C[C@@H]2C(=O)N([C@H]3CCS(=O)(=O)C3)C(=O)N21. The van der Waals surface area contributed by atoms with Gasteiger partial charge in [-0.1, -0.05) is 18.2 Å². The molecule has 27 heavy (non-hydrogen) atoms. The first-order valence-corrected chi connectivity index (χ1v) is 11.0. The highest BCUT2D eigenvalue weighted by Crippen LogP contribution is 2.45. The third-order valence-electron chi connectivity index (χ3n) is 6.25.